The highest BCUT2D eigenvalue weighted by Crippen LogP contribution is 2.11. The number of nitrogens with zero attached hydrogens (tertiary/aromatic N) is 1. The van der Waals surface area contributed by atoms with Crippen LogP contribution < -0.4 is 10.6 Å². The largest absolute Gasteiger partial charge is 0.355 e. The van der Waals surface area contributed by atoms with Crippen molar-refractivity contribution in [3.63, 3.8) is 0 Å². The fourth-order valence-electron chi connectivity index (χ4n) is 1.84. The van der Waals surface area contributed by atoms with E-state index in [0.29, 0.717) is 19.4 Å². The average Bonchev–Trinajstić information content (AvgIpc) is 2.27. The predicted molar refractivity (Wildman–Crippen MR) is 66.5 cm³/mol. The number of hydrogen-bond acceptors (Lipinski definition) is 3. The third-order valence-corrected chi connectivity index (χ3v) is 3.03. The molecule has 1 heterocycles. The second-order valence-electron chi connectivity index (χ2n) is 5.04. The quantitative estimate of drug-likeness (QED) is 0.710. The van der Waals surface area contributed by atoms with Crippen LogP contribution in [0.2, 0.25) is 0 Å². The molecule has 5 heteroatoms. The number of rotatable bonds is 5. The van der Waals surface area contributed by atoms with Gasteiger partial charge in [0, 0.05) is 19.0 Å². The Balaban J connectivity index is 2.26. The van der Waals surface area contributed by atoms with Gasteiger partial charge in [0.2, 0.25) is 11.8 Å². The lowest BCUT2D eigenvalue weighted by atomic mass is 9.98. The van der Waals surface area contributed by atoms with Crippen LogP contribution in [0, 0.1) is 5.92 Å². The lowest BCUT2D eigenvalue weighted by Gasteiger charge is -2.24. The Kier molecular flexibility index (Phi) is 5.41. The predicted octanol–water partition coefficient (Wildman–Crippen LogP) is -0.0310. The van der Waals surface area contributed by atoms with E-state index < -0.39 is 0 Å². The van der Waals surface area contributed by atoms with Crippen molar-refractivity contribution >= 4 is 11.8 Å². The van der Waals surface area contributed by atoms with Crippen molar-refractivity contribution in [1.29, 1.82) is 0 Å². The van der Waals surface area contributed by atoms with Gasteiger partial charge in [-0.15, -0.1) is 0 Å². The van der Waals surface area contributed by atoms with E-state index in [-0.39, 0.29) is 23.8 Å². The number of carbonyl (C=O) groups is 2. The summed E-state index contributed by atoms with van der Waals surface area (Å²) < 4.78 is 0. The van der Waals surface area contributed by atoms with Crippen LogP contribution in [0.25, 0.3) is 0 Å². The minimum atomic E-state index is -0.0606. The van der Waals surface area contributed by atoms with E-state index in [1.54, 1.807) is 0 Å². The van der Waals surface area contributed by atoms with Crippen LogP contribution in [0.5, 0.6) is 0 Å². The highest BCUT2D eigenvalue weighted by atomic mass is 16.2. The Labute approximate surface area is 103 Å². The molecular formula is C12H23N3O2. The van der Waals surface area contributed by atoms with Crippen molar-refractivity contribution in [2.24, 2.45) is 5.92 Å². The molecule has 1 rings (SSSR count). The summed E-state index contributed by atoms with van der Waals surface area (Å²) in [5.74, 6) is 0.0560. The smallest absolute Gasteiger partial charge is 0.225 e. The molecule has 0 aromatic carbocycles. The van der Waals surface area contributed by atoms with E-state index in [1.807, 2.05) is 21.0 Å². The molecule has 1 aliphatic heterocycles. The zero-order valence-corrected chi connectivity index (χ0v) is 11.0. The fourth-order valence-corrected chi connectivity index (χ4v) is 1.84. The van der Waals surface area contributed by atoms with Gasteiger partial charge >= 0.3 is 0 Å². The van der Waals surface area contributed by atoms with E-state index in [9.17, 15) is 9.59 Å². The topological polar surface area (TPSA) is 61.4 Å². The van der Waals surface area contributed by atoms with E-state index >= 15 is 0 Å². The van der Waals surface area contributed by atoms with Crippen LogP contribution >= 0.6 is 0 Å². The maximum atomic E-state index is 11.9. The van der Waals surface area contributed by atoms with Crippen LogP contribution in [-0.4, -0.2) is 49.9 Å². The highest BCUT2D eigenvalue weighted by Gasteiger charge is 2.24. The minimum Gasteiger partial charge on any atom is -0.355 e. The van der Waals surface area contributed by atoms with Crippen molar-refractivity contribution in [2.45, 2.75) is 32.2 Å². The molecule has 0 aliphatic carbocycles. The zero-order valence-electron chi connectivity index (χ0n) is 11.0. The molecule has 17 heavy (non-hydrogen) atoms. The summed E-state index contributed by atoms with van der Waals surface area (Å²) in [7, 11) is 4.04. The summed E-state index contributed by atoms with van der Waals surface area (Å²) in [6.07, 6.45) is 2.07. The third-order valence-electron chi connectivity index (χ3n) is 3.03. The number of amides is 2. The average molecular weight is 241 g/mol. The van der Waals surface area contributed by atoms with Crippen LogP contribution in [0.15, 0.2) is 0 Å². The molecule has 2 amide bonds. The van der Waals surface area contributed by atoms with Gasteiger partial charge in [0.25, 0.3) is 0 Å². The Bertz CT molecular complexity index is 269. The molecule has 1 fully saturated rings. The number of nitrogens with one attached hydrogen (secondary N) is 2. The summed E-state index contributed by atoms with van der Waals surface area (Å²) in [6.45, 7) is 3.46. The first-order chi connectivity index (χ1) is 7.99. The van der Waals surface area contributed by atoms with Gasteiger partial charge in [-0.25, -0.2) is 0 Å². The first-order valence-corrected chi connectivity index (χ1v) is 6.21. The van der Waals surface area contributed by atoms with Crippen molar-refractivity contribution in [3.8, 4) is 0 Å². The number of carbonyl (C=O) groups excluding carboxylic acids is 2. The maximum absolute atomic E-state index is 11.9. The molecule has 2 unspecified atom stereocenters. The number of piperidine rings is 1. The molecule has 1 saturated heterocycles. The molecule has 0 spiro atoms. The summed E-state index contributed by atoms with van der Waals surface area (Å²) >= 11 is 0. The van der Waals surface area contributed by atoms with E-state index in [0.717, 1.165) is 13.0 Å². The monoisotopic (exact) mass is 241 g/mol. The van der Waals surface area contributed by atoms with Gasteiger partial charge in [-0.3, -0.25) is 9.59 Å². The van der Waals surface area contributed by atoms with E-state index in [1.165, 1.54) is 0 Å². The Morgan fingerprint density at radius 1 is 1.59 bits per heavy atom. The highest BCUT2D eigenvalue weighted by molar-refractivity contribution is 5.83. The van der Waals surface area contributed by atoms with Crippen molar-refractivity contribution in [1.82, 2.24) is 15.5 Å². The third kappa shape index (κ3) is 5.17. The second kappa shape index (κ2) is 6.59. The maximum Gasteiger partial charge on any atom is 0.225 e. The fraction of sp³-hybridized carbons (Fsp3) is 0.833. The van der Waals surface area contributed by atoms with Gasteiger partial charge in [0.15, 0.2) is 0 Å². The van der Waals surface area contributed by atoms with Gasteiger partial charge < -0.3 is 15.5 Å². The number of hydrogen-bond donors (Lipinski definition) is 2. The van der Waals surface area contributed by atoms with Gasteiger partial charge in [0.05, 0.1) is 5.92 Å². The van der Waals surface area contributed by atoms with Gasteiger partial charge in [0.1, 0.15) is 0 Å². The van der Waals surface area contributed by atoms with E-state index in [2.05, 4.69) is 15.5 Å². The van der Waals surface area contributed by atoms with Crippen LogP contribution in [-0.2, 0) is 9.59 Å². The first kappa shape index (κ1) is 14.0. The second-order valence-corrected chi connectivity index (χ2v) is 5.04. The van der Waals surface area contributed by atoms with E-state index in [4.69, 9.17) is 0 Å². The van der Waals surface area contributed by atoms with Gasteiger partial charge in [-0.05, 0) is 40.4 Å². The lowest BCUT2D eigenvalue weighted by molar-refractivity contribution is -0.129. The summed E-state index contributed by atoms with van der Waals surface area (Å²) in [4.78, 5) is 25.0. The summed E-state index contributed by atoms with van der Waals surface area (Å²) in [5, 5.41) is 5.73. The zero-order chi connectivity index (χ0) is 12.8. The SMILES string of the molecule is CC(CCN(C)C)NC(=O)C1CCC(=O)NC1. The molecule has 2 atom stereocenters. The Hall–Kier alpha value is -1.10. The molecule has 5 nitrogen and oxygen atoms in total. The van der Waals surface area contributed by atoms with Crippen LogP contribution in [0.3, 0.4) is 0 Å². The molecule has 1 aliphatic rings. The lowest BCUT2D eigenvalue weighted by Crippen LogP contribution is -2.45. The van der Waals surface area contributed by atoms with Gasteiger partial charge in [-0.2, -0.15) is 0 Å². The first-order valence-electron chi connectivity index (χ1n) is 6.21. The molecule has 0 bridgehead atoms. The van der Waals surface area contributed by atoms with Crippen LogP contribution in [0.4, 0.5) is 0 Å². The van der Waals surface area contributed by atoms with Crippen LogP contribution in [0.1, 0.15) is 26.2 Å². The standard InChI is InChI=1S/C12H23N3O2/c1-9(6-7-15(2)3)14-12(17)10-4-5-11(16)13-8-10/h9-10H,4-8H2,1-3H3,(H,13,16)(H,14,17). The normalized spacial score (nSPS) is 22.1. The molecule has 0 radical (unpaired) electrons. The Morgan fingerprint density at radius 3 is 2.82 bits per heavy atom. The van der Waals surface area contributed by atoms with Gasteiger partial charge in [-0.1, -0.05) is 0 Å². The Morgan fingerprint density at radius 2 is 2.29 bits per heavy atom. The molecule has 0 aromatic heterocycles. The van der Waals surface area contributed by atoms with Crippen molar-refractivity contribution in [3.05, 3.63) is 0 Å². The van der Waals surface area contributed by atoms with Crippen molar-refractivity contribution in [2.75, 3.05) is 27.2 Å². The summed E-state index contributed by atoms with van der Waals surface area (Å²) in [6, 6.07) is 0.183. The molecule has 98 valence electrons. The molecule has 2 N–H and O–H groups in total. The summed E-state index contributed by atoms with van der Waals surface area (Å²) in [5.41, 5.74) is 0. The van der Waals surface area contributed by atoms with Crippen molar-refractivity contribution < 1.29 is 9.59 Å². The molecule has 0 aromatic rings. The molecular weight excluding hydrogens is 218 g/mol. The molecule has 0 saturated carbocycles. The minimum absolute atomic E-state index is 0.0507.